The molecule has 1 aromatic heterocycles. The molecule has 1 aliphatic rings. The second-order valence-electron chi connectivity index (χ2n) is 5.48. The predicted molar refractivity (Wildman–Crippen MR) is 81.0 cm³/mol. The van der Waals surface area contributed by atoms with E-state index >= 15 is 0 Å². The Morgan fingerprint density at radius 1 is 1.29 bits per heavy atom. The number of methoxy groups -OCH3 is 2. The molecule has 0 aliphatic heterocycles. The summed E-state index contributed by atoms with van der Waals surface area (Å²) in [5.41, 5.74) is 3.58. The fraction of sp³-hybridized carbons (Fsp3) is 0.438. The molecule has 1 unspecified atom stereocenters. The number of benzene rings is 1. The number of aromatic nitrogens is 1. The number of hydrogen-bond acceptors (Lipinski definition) is 3. The first-order valence-electron chi connectivity index (χ1n) is 7.15. The summed E-state index contributed by atoms with van der Waals surface area (Å²) >= 11 is 0. The third-order valence-electron chi connectivity index (χ3n) is 4.10. The number of carbonyl (C=O) groups excluding carboxylic acids is 1. The zero-order valence-corrected chi connectivity index (χ0v) is 12.6. The molecule has 0 fully saturated rings. The third-order valence-corrected chi connectivity index (χ3v) is 4.10. The molecule has 1 aliphatic carbocycles. The monoisotopic (exact) mass is 288 g/mol. The third kappa shape index (κ3) is 2.44. The van der Waals surface area contributed by atoms with Crippen LogP contribution in [0.15, 0.2) is 12.1 Å². The minimum absolute atomic E-state index is 0.0301. The Balaban J connectivity index is 2.03. The van der Waals surface area contributed by atoms with Crippen molar-refractivity contribution in [2.75, 3.05) is 14.2 Å². The van der Waals surface area contributed by atoms with E-state index in [9.17, 15) is 4.79 Å². The van der Waals surface area contributed by atoms with E-state index in [2.05, 4.69) is 10.3 Å². The molecule has 21 heavy (non-hydrogen) atoms. The average molecular weight is 288 g/mol. The standard InChI is InChI=1S/C16H20N2O3/c1-9(19)17-10-4-5-13-11(6-10)12-7-15(20-2)16(21-3)8-14(12)18-13/h7-8,10,18H,4-6H2,1-3H3,(H,17,19). The van der Waals surface area contributed by atoms with Crippen molar-refractivity contribution in [3.63, 3.8) is 0 Å². The number of amides is 1. The van der Waals surface area contributed by atoms with Gasteiger partial charge < -0.3 is 19.8 Å². The van der Waals surface area contributed by atoms with Gasteiger partial charge >= 0.3 is 0 Å². The molecule has 2 aromatic rings. The number of nitrogens with one attached hydrogen (secondary N) is 2. The fourth-order valence-corrected chi connectivity index (χ4v) is 3.16. The first kappa shape index (κ1) is 13.8. The van der Waals surface area contributed by atoms with Crippen molar-refractivity contribution >= 4 is 16.8 Å². The van der Waals surface area contributed by atoms with Crippen LogP contribution in [-0.2, 0) is 17.6 Å². The molecule has 0 radical (unpaired) electrons. The van der Waals surface area contributed by atoms with Crippen LogP contribution in [0.1, 0.15) is 24.6 Å². The molecule has 0 saturated heterocycles. The molecule has 5 nitrogen and oxygen atoms in total. The number of ether oxygens (including phenoxy) is 2. The van der Waals surface area contributed by atoms with E-state index in [0.717, 1.165) is 41.7 Å². The van der Waals surface area contributed by atoms with Crippen molar-refractivity contribution in [1.82, 2.24) is 10.3 Å². The lowest BCUT2D eigenvalue weighted by molar-refractivity contribution is -0.119. The summed E-state index contributed by atoms with van der Waals surface area (Å²) in [7, 11) is 3.28. The van der Waals surface area contributed by atoms with E-state index in [1.165, 1.54) is 11.3 Å². The van der Waals surface area contributed by atoms with Crippen LogP contribution in [0.5, 0.6) is 11.5 Å². The molecule has 1 atom stereocenters. The Morgan fingerprint density at radius 3 is 2.67 bits per heavy atom. The quantitative estimate of drug-likeness (QED) is 0.910. The maximum Gasteiger partial charge on any atom is 0.217 e. The van der Waals surface area contributed by atoms with Gasteiger partial charge in [0.25, 0.3) is 0 Å². The molecule has 5 heteroatoms. The molecule has 3 rings (SSSR count). The second kappa shape index (κ2) is 5.31. The van der Waals surface area contributed by atoms with Gasteiger partial charge in [-0.2, -0.15) is 0 Å². The lowest BCUT2D eigenvalue weighted by atomic mass is 9.91. The van der Waals surface area contributed by atoms with Gasteiger partial charge in [0.1, 0.15) is 0 Å². The van der Waals surface area contributed by atoms with Crippen molar-refractivity contribution in [2.24, 2.45) is 0 Å². The summed E-state index contributed by atoms with van der Waals surface area (Å²) in [5.74, 6) is 1.48. The van der Waals surface area contributed by atoms with E-state index in [0.29, 0.717) is 0 Å². The second-order valence-corrected chi connectivity index (χ2v) is 5.48. The van der Waals surface area contributed by atoms with Gasteiger partial charge in [0, 0.05) is 35.6 Å². The normalized spacial score (nSPS) is 17.4. The number of hydrogen-bond donors (Lipinski definition) is 2. The number of aromatic amines is 1. The maximum absolute atomic E-state index is 11.3. The molecule has 1 amide bonds. The zero-order valence-electron chi connectivity index (χ0n) is 12.6. The molecule has 0 spiro atoms. The van der Waals surface area contributed by atoms with Gasteiger partial charge in [-0.25, -0.2) is 0 Å². The molecule has 0 saturated carbocycles. The van der Waals surface area contributed by atoms with Crippen LogP contribution in [0.4, 0.5) is 0 Å². The van der Waals surface area contributed by atoms with Gasteiger partial charge in [0.05, 0.1) is 14.2 Å². The first-order chi connectivity index (χ1) is 10.1. The maximum atomic E-state index is 11.3. The number of rotatable bonds is 3. The zero-order chi connectivity index (χ0) is 15.0. The highest BCUT2D eigenvalue weighted by atomic mass is 16.5. The summed E-state index contributed by atoms with van der Waals surface area (Å²) in [4.78, 5) is 14.7. The van der Waals surface area contributed by atoms with Gasteiger partial charge in [-0.15, -0.1) is 0 Å². The predicted octanol–water partition coefficient (Wildman–Crippen LogP) is 2.18. The smallest absolute Gasteiger partial charge is 0.217 e. The molecular weight excluding hydrogens is 268 g/mol. The summed E-state index contributed by atoms with van der Waals surface area (Å²) in [6.07, 6.45) is 2.76. The highest BCUT2D eigenvalue weighted by molar-refractivity contribution is 5.88. The van der Waals surface area contributed by atoms with Gasteiger partial charge in [0.15, 0.2) is 11.5 Å². The Labute approximate surface area is 123 Å². The number of carbonyl (C=O) groups is 1. The first-order valence-corrected chi connectivity index (χ1v) is 7.15. The van der Waals surface area contributed by atoms with E-state index in [-0.39, 0.29) is 11.9 Å². The Hall–Kier alpha value is -2.17. The van der Waals surface area contributed by atoms with E-state index in [1.807, 2.05) is 12.1 Å². The van der Waals surface area contributed by atoms with Crippen molar-refractivity contribution in [2.45, 2.75) is 32.2 Å². The number of aryl methyl sites for hydroxylation is 1. The van der Waals surface area contributed by atoms with Gasteiger partial charge in [-0.1, -0.05) is 0 Å². The van der Waals surface area contributed by atoms with Crippen molar-refractivity contribution in [3.05, 3.63) is 23.4 Å². The Bertz CT molecular complexity index is 690. The van der Waals surface area contributed by atoms with E-state index in [4.69, 9.17) is 9.47 Å². The Morgan fingerprint density at radius 2 is 2.00 bits per heavy atom. The highest BCUT2D eigenvalue weighted by Crippen LogP contribution is 2.36. The molecule has 1 aromatic carbocycles. The topological polar surface area (TPSA) is 63.4 Å². The number of H-pyrrole nitrogens is 1. The van der Waals surface area contributed by atoms with Gasteiger partial charge in [-0.3, -0.25) is 4.79 Å². The summed E-state index contributed by atoms with van der Waals surface area (Å²) in [5, 5.41) is 4.17. The van der Waals surface area contributed by atoms with Crippen LogP contribution >= 0.6 is 0 Å². The molecule has 0 bridgehead atoms. The van der Waals surface area contributed by atoms with E-state index in [1.54, 1.807) is 21.1 Å². The average Bonchev–Trinajstić information content (AvgIpc) is 2.82. The SMILES string of the molecule is COc1cc2[nH]c3c(c2cc1OC)CC(NC(C)=O)CC3. The van der Waals surface area contributed by atoms with Crippen LogP contribution < -0.4 is 14.8 Å². The van der Waals surface area contributed by atoms with Crippen LogP contribution in [0.3, 0.4) is 0 Å². The van der Waals surface area contributed by atoms with Gasteiger partial charge in [-0.05, 0) is 30.9 Å². The highest BCUT2D eigenvalue weighted by Gasteiger charge is 2.24. The minimum atomic E-state index is 0.0301. The van der Waals surface area contributed by atoms with Crippen LogP contribution in [0, 0.1) is 0 Å². The molecule has 1 heterocycles. The number of fused-ring (bicyclic) bond motifs is 3. The van der Waals surface area contributed by atoms with Crippen molar-refractivity contribution in [3.8, 4) is 11.5 Å². The van der Waals surface area contributed by atoms with Crippen molar-refractivity contribution < 1.29 is 14.3 Å². The van der Waals surface area contributed by atoms with Gasteiger partial charge in [0.2, 0.25) is 5.91 Å². The van der Waals surface area contributed by atoms with Crippen LogP contribution in [0.25, 0.3) is 10.9 Å². The minimum Gasteiger partial charge on any atom is -0.493 e. The largest absolute Gasteiger partial charge is 0.493 e. The Kier molecular flexibility index (Phi) is 3.49. The molecule has 112 valence electrons. The van der Waals surface area contributed by atoms with Crippen molar-refractivity contribution in [1.29, 1.82) is 0 Å². The van der Waals surface area contributed by atoms with E-state index < -0.39 is 0 Å². The summed E-state index contributed by atoms with van der Waals surface area (Å²) in [6, 6.07) is 4.20. The van der Waals surface area contributed by atoms with Crippen LogP contribution in [-0.4, -0.2) is 31.2 Å². The molecule has 2 N–H and O–H groups in total. The molecular formula is C16H20N2O3. The van der Waals surface area contributed by atoms with Crippen LogP contribution in [0.2, 0.25) is 0 Å². The summed E-state index contributed by atoms with van der Waals surface area (Å²) in [6.45, 7) is 1.57. The summed E-state index contributed by atoms with van der Waals surface area (Å²) < 4.78 is 10.7. The fourth-order valence-electron chi connectivity index (χ4n) is 3.16. The lowest BCUT2D eigenvalue weighted by Gasteiger charge is -2.23. The lowest BCUT2D eigenvalue weighted by Crippen LogP contribution is -2.37.